The highest BCUT2D eigenvalue weighted by molar-refractivity contribution is 5.76. The zero-order chi connectivity index (χ0) is 59.7. The largest absolute Gasteiger partial charge is 0.394 e. The van der Waals surface area contributed by atoms with Gasteiger partial charge in [0, 0.05) is 6.42 Å². The third-order valence-corrected chi connectivity index (χ3v) is 16.2. The number of nitrogens with one attached hydrogen (secondary N) is 1. The van der Waals surface area contributed by atoms with Gasteiger partial charge < -0.3 is 89.9 Å². The predicted octanol–water partition coefficient (Wildman–Crippen LogP) is 6.88. The minimum atomic E-state index is -1.98. The quantitative estimate of drug-likeness (QED) is 0.0218. The number of aliphatic hydroxyl groups excluding tert-OH is 11. The Balaban J connectivity index is 1.49. The van der Waals surface area contributed by atoms with Gasteiger partial charge in [-0.1, -0.05) is 198 Å². The van der Waals surface area contributed by atoms with E-state index in [0.29, 0.717) is 12.8 Å². The van der Waals surface area contributed by atoms with E-state index in [-0.39, 0.29) is 18.9 Å². The maximum atomic E-state index is 13.3. The first-order valence-corrected chi connectivity index (χ1v) is 32.2. The molecule has 3 heterocycles. The van der Waals surface area contributed by atoms with Gasteiger partial charge in [0.05, 0.1) is 38.6 Å². The molecule has 0 aromatic rings. The van der Waals surface area contributed by atoms with Crippen molar-refractivity contribution >= 4 is 5.91 Å². The molecule has 3 rings (SSSR count). The van der Waals surface area contributed by atoms with Crippen molar-refractivity contribution in [3.63, 3.8) is 0 Å². The number of ether oxygens (including phenoxy) is 6. The Morgan fingerprint density at radius 3 is 1.22 bits per heavy atom. The summed E-state index contributed by atoms with van der Waals surface area (Å²) in [5.74, 6) is -0.294. The first-order valence-electron chi connectivity index (χ1n) is 32.2. The molecule has 0 saturated carbocycles. The van der Waals surface area contributed by atoms with Crippen molar-refractivity contribution in [1.29, 1.82) is 0 Å². The summed E-state index contributed by atoms with van der Waals surface area (Å²) < 4.78 is 34.3. The summed E-state index contributed by atoms with van der Waals surface area (Å²) in [6.45, 7) is 1.70. The van der Waals surface area contributed by atoms with Crippen LogP contribution in [-0.4, -0.2) is 193 Å². The van der Waals surface area contributed by atoms with Crippen molar-refractivity contribution in [2.24, 2.45) is 0 Å². The molecule has 0 aromatic heterocycles. The van der Waals surface area contributed by atoms with Gasteiger partial charge >= 0.3 is 0 Å². The van der Waals surface area contributed by atoms with Gasteiger partial charge in [-0.3, -0.25) is 4.79 Å². The first-order chi connectivity index (χ1) is 39.8. The fourth-order valence-corrected chi connectivity index (χ4v) is 10.8. The van der Waals surface area contributed by atoms with Crippen LogP contribution >= 0.6 is 0 Å². The van der Waals surface area contributed by atoms with E-state index < -0.39 is 124 Å². The number of rotatable bonds is 48. The molecule has 0 bridgehead atoms. The Hall–Kier alpha value is -1.99. The lowest BCUT2D eigenvalue weighted by Crippen LogP contribution is -2.66. The van der Waals surface area contributed by atoms with E-state index in [1.165, 1.54) is 135 Å². The van der Waals surface area contributed by atoms with Gasteiger partial charge in [-0.05, 0) is 57.8 Å². The first kappa shape index (κ1) is 74.3. The van der Waals surface area contributed by atoms with Gasteiger partial charge in [0.15, 0.2) is 18.9 Å². The highest BCUT2D eigenvalue weighted by Gasteiger charge is 2.53. The molecule has 3 aliphatic heterocycles. The second-order valence-electron chi connectivity index (χ2n) is 23.2. The van der Waals surface area contributed by atoms with E-state index in [0.717, 1.165) is 57.8 Å². The molecule has 82 heavy (non-hydrogen) atoms. The summed E-state index contributed by atoms with van der Waals surface area (Å²) in [4.78, 5) is 13.3. The van der Waals surface area contributed by atoms with Gasteiger partial charge in [0.25, 0.3) is 0 Å². The van der Waals surface area contributed by atoms with Crippen LogP contribution in [0.15, 0.2) is 36.5 Å². The standard InChI is InChI=1S/C63H115NO18/c1-3-5-7-9-11-13-15-17-19-20-21-22-23-24-25-27-28-30-32-34-36-38-40-47(68)46(64-51(69)41-39-37-35-33-31-29-26-18-16-14-12-10-8-6-4-2)45-77-61-57(75)54(72)59(49(43-66)79-61)82-63-58(76)55(73)60(50(44-67)80-63)81-62-56(74)53(71)52(70)48(42-65)78-62/h18,26,30,32,38,40,46-50,52-63,65-68,70-76H,3-17,19-25,27-29,31,33-37,39,41-45H2,1-2H3,(H,64,69)/b26-18-,32-30+,40-38+. The Morgan fingerprint density at radius 1 is 0.427 bits per heavy atom. The number of hydrogen-bond acceptors (Lipinski definition) is 18. The summed E-state index contributed by atoms with van der Waals surface area (Å²) in [5.41, 5.74) is 0. The highest BCUT2D eigenvalue weighted by atomic mass is 16.8. The van der Waals surface area contributed by atoms with Gasteiger partial charge in [-0.25, -0.2) is 0 Å². The number of carbonyl (C=O) groups is 1. The molecule has 0 aliphatic carbocycles. The zero-order valence-electron chi connectivity index (χ0n) is 50.2. The van der Waals surface area contributed by atoms with Crippen LogP contribution in [0.2, 0.25) is 0 Å². The van der Waals surface area contributed by atoms with Crippen LogP contribution in [0, 0.1) is 0 Å². The number of allylic oxidation sites excluding steroid dienone is 5. The Morgan fingerprint density at radius 2 is 0.780 bits per heavy atom. The van der Waals surface area contributed by atoms with Crippen molar-refractivity contribution in [2.75, 3.05) is 26.4 Å². The van der Waals surface area contributed by atoms with Gasteiger partial charge in [0.2, 0.25) is 5.91 Å². The third kappa shape index (κ3) is 29.1. The van der Waals surface area contributed by atoms with Crippen LogP contribution in [0.1, 0.15) is 226 Å². The predicted molar refractivity (Wildman–Crippen MR) is 314 cm³/mol. The maximum absolute atomic E-state index is 13.3. The lowest BCUT2D eigenvalue weighted by molar-refractivity contribution is -0.379. The fourth-order valence-electron chi connectivity index (χ4n) is 10.8. The molecule has 480 valence electrons. The van der Waals surface area contributed by atoms with E-state index >= 15 is 0 Å². The van der Waals surface area contributed by atoms with E-state index in [2.05, 4.69) is 43.5 Å². The molecule has 3 fully saturated rings. The summed E-state index contributed by atoms with van der Waals surface area (Å²) in [6, 6.07) is -0.993. The Kier molecular flexibility index (Phi) is 41.8. The lowest BCUT2D eigenvalue weighted by Gasteiger charge is -2.48. The van der Waals surface area contributed by atoms with Gasteiger partial charge in [-0.2, -0.15) is 0 Å². The summed E-state index contributed by atoms with van der Waals surface area (Å²) in [5, 5.41) is 120. The van der Waals surface area contributed by atoms with Crippen molar-refractivity contribution in [2.45, 2.75) is 330 Å². The average Bonchev–Trinajstić information content (AvgIpc) is 3.40. The topological polar surface area (TPSA) is 307 Å². The highest BCUT2D eigenvalue weighted by Crippen LogP contribution is 2.33. The SMILES string of the molecule is CCCCCCCC/C=C\CCCCCCCC(=O)NC(COC1OC(CO)C(OC2OC(CO)C(OC3OC(CO)C(O)C(O)C3O)C(O)C2O)C(O)C1O)C(O)/C=C/CC/C=C/CCCCCCCCCCCCCCCCCC. The smallest absolute Gasteiger partial charge is 0.220 e. The number of hydrogen-bond donors (Lipinski definition) is 12. The molecule has 19 nitrogen and oxygen atoms in total. The monoisotopic (exact) mass is 1170 g/mol. The van der Waals surface area contributed by atoms with Crippen LogP contribution < -0.4 is 5.32 Å². The molecule has 0 radical (unpaired) electrons. The normalized spacial score (nSPS) is 29.8. The van der Waals surface area contributed by atoms with Crippen molar-refractivity contribution < 1.29 is 89.4 Å². The van der Waals surface area contributed by atoms with Crippen molar-refractivity contribution in [3.05, 3.63) is 36.5 Å². The minimum Gasteiger partial charge on any atom is -0.394 e. The molecule has 12 N–H and O–H groups in total. The fraction of sp³-hybridized carbons (Fsp3) is 0.889. The summed E-state index contributed by atoms with van der Waals surface area (Å²) in [6.07, 6.45) is 24.1. The molecule has 17 unspecified atom stereocenters. The van der Waals surface area contributed by atoms with E-state index in [4.69, 9.17) is 28.4 Å². The van der Waals surface area contributed by atoms with Crippen LogP contribution in [0.3, 0.4) is 0 Å². The second-order valence-corrected chi connectivity index (χ2v) is 23.2. The van der Waals surface area contributed by atoms with Crippen LogP contribution in [0.5, 0.6) is 0 Å². The minimum absolute atomic E-state index is 0.226. The van der Waals surface area contributed by atoms with Crippen LogP contribution in [-0.2, 0) is 33.2 Å². The van der Waals surface area contributed by atoms with Crippen LogP contribution in [0.25, 0.3) is 0 Å². The van der Waals surface area contributed by atoms with Crippen molar-refractivity contribution in [1.82, 2.24) is 5.32 Å². The summed E-state index contributed by atoms with van der Waals surface area (Å²) >= 11 is 0. The molecule has 19 heteroatoms. The summed E-state index contributed by atoms with van der Waals surface area (Å²) in [7, 11) is 0. The van der Waals surface area contributed by atoms with E-state index in [1.807, 2.05) is 6.08 Å². The van der Waals surface area contributed by atoms with Crippen LogP contribution in [0.4, 0.5) is 0 Å². The third-order valence-electron chi connectivity index (χ3n) is 16.2. The molecular formula is C63H115NO18. The molecule has 3 aliphatic rings. The number of carbonyl (C=O) groups excluding carboxylic acids is 1. The molecule has 1 amide bonds. The van der Waals surface area contributed by atoms with E-state index in [1.54, 1.807) is 6.08 Å². The lowest BCUT2D eigenvalue weighted by atomic mass is 9.96. The molecule has 17 atom stereocenters. The Labute approximate surface area is 491 Å². The second kappa shape index (κ2) is 46.2. The molecule has 0 aromatic carbocycles. The molecule has 0 spiro atoms. The van der Waals surface area contributed by atoms with Crippen molar-refractivity contribution in [3.8, 4) is 0 Å². The molecular weight excluding hydrogens is 1060 g/mol. The maximum Gasteiger partial charge on any atom is 0.220 e. The van der Waals surface area contributed by atoms with Gasteiger partial charge in [-0.15, -0.1) is 0 Å². The van der Waals surface area contributed by atoms with E-state index in [9.17, 15) is 61.0 Å². The average molecular weight is 1170 g/mol. The number of amides is 1. The van der Waals surface area contributed by atoms with Gasteiger partial charge in [0.1, 0.15) is 73.2 Å². The zero-order valence-corrected chi connectivity index (χ0v) is 50.2. The number of unbranched alkanes of at least 4 members (excludes halogenated alkanes) is 28. The Bertz CT molecular complexity index is 1640. The number of aliphatic hydroxyl groups is 11. The molecule has 3 saturated heterocycles.